The van der Waals surface area contributed by atoms with Gasteiger partial charge in [-0.05, 0) is 6.08 Å². The lowest BCUT2D eigenvalue weighted by molar-refractivity contribution is -0.136. The minimum Gasteiger partial charge on any atom is -0.341 e. The second kappa shape index (κ2) is 8.00. The summed E-state index contributed by atoms with van der Waals surface area (Å²) >= 11 is 0. The SMILES string of the molecule is CN(CCNCCN1C(=O)C=CC1=O)C(=O)/C=C\C=O. The first-order valence-electron chi connectivity index (χ1n) is 6.17. The Kier molecular flexibility index (Phi) is 6.31. The van der Waals surface area contributed by atoms with Crippen LogP contribution >= 0.6 is 0 Å². The third-order valence-corrected chi connectivity index (χ3v) is 2.73. The molecule has 0 unspecified atom stereocenters. The molecule has 1 aliphatic heterocycles. The van der Waals surface area contributed by atoms with Gasteiger partial charge in [0, 0.05) is 51.5 Å². The van der Waals surface area contributed by atoms with Crippen molar-refractivity contribution in [1.29, 1.82) is 0 Å². The number of allylic oxidation sites excluding steroid dienone is 1. The van der Waals surface area contributed by atoms with Crippen molar-refractivity contribution in [3.8, 4) is 0 Å². The maximum Gasteiger partial charge on any atom is 0.253 e. The third kappa shape index (κ3) is 4.77. The van der Waals surface area contributed by atoms with E-state index in [0.717, 1.165) is 11.0 Å². The van der Waals surface area contributed by atoms with Crippen LogP contribution in [-0.2, 0) is 19.2 Å². The molecule has 7 nitrogen and oxygen atoms in total. The number of rotatable bonds is 8. The fourth-order valence-corrected chi connectivity index (χ4v) is 1.57. The second-order valence-electron chi connectivity index (χ2n) is 4.17. The standard InChI is InChI=1S/C13H17N3O4/c1-15(11(18)3-2-10-17)8-6-14-7-9-16-12(19)4-5-13(16)20/h2-5,10,14H,6-9H2,1H3/b3-2-. The molecule has 20 heavy (non-hydrogen) atoms. The van der Waals surface area contributed by atoms with E-state index in [1.807, 2.05) is 0 Å². The molecule has 0 spiro atoms. The Labute approximate surface area is 116 Å². The Morgan fingerprint density at radius 2 is 1.95 bits per heavy atom. The van der Waals surface area contributed by atoms with Gasteiger partial charge in [-0.3, -0.25) is 24.1 Å². The van der Waals surface area contributed by atoms with Crippen LogP contribution in [-0.4, -0.2) is 67.0 Å². The summed E-state index contributed by atoms with van der Waals surface area (Å²) in [5.41, 5.74) is 0. The minimum atomic E-state index is -0.303. The normalized spacial score (nSPS) is 14.3. The van der Waals surface area contributed by atoms with Crippen LogP contribution in [0.25, 0.3) is 0 Å². The summed E-state index contributed by atoms with van der Waals surface area (Å²) in [6.45, 7) is 1.75. The van der Waals surface area contributed by atoms with Crippen molar-refractivity contribution in [3.05, 3.63) is 24.3 Å². The summed E-state index contributed by atoms with van der Waals surface area (Å²) in [5.74, 6) is -0.862. The summed E-state index contributed by atoms with van der Waals surface area (Å²) in [6.07, 6.45) is 5.37. The average molecular weight is 279 g/mol. The molecule has 3 amide bonds. The van der Waals surface area contributed by atoms with E-state index in [9.17, 15) is 19.2 Å². The summed E-state index contributed by atoms with van der Waals surface area (Å²) in [5, 5.41) is 3.03. The van der Waals surface area contributed by atoms with E-state index in [4.69, 9.17) is 0 Å². The van der Waals surface area contributed by atoms with Gasteiger partial charge >= 0.3 is 0 Å². The third-order valence-electron chi connectivity index (χ3n) is 2.73. The van der Waals surface area contributed by atoms with Gasteiger partial charge in [-0.1, -0.05) is 0 Å². The number of hydrogen-bond acceptors (Lipinski definition) is 5. The molecule has 1 rings (SSSR count). The van der Waals surface area contributed by atoms with E-state index in [-0.39, 0.29) is 17.7 Å². The van der Waals surface area contributed by atoms with Crippen molar-refractivity contribution in [2.24, 2.45) is 0 Å². The molecule has 1 heterocycles. The molecule has 1 N–H and O–H groups in total. The summed E-state index contributed by atoms with van der Waals surface area (Å²) in [6, 6.07) is 0. The second-order valence-corrected chi connectivity index (χ2v) is 4.17. The fraction of sp³-hybridized carbons (Fsp3) is 0.385. The lowest BCUT2D eigenvalue weighted by Crippen LogP contribution is -2.39. The average Bonchev–Trinajstić information content (AvgIpc) is 2.75. The predicted octanol–water partition coefficient (Wildman–Crippen LogP) is -1.29. The molecule has 0 aromatic heterocycles. The number of amides is 3. The van der Waals surface area contributed by atoms with Gasteiger partial charge in [0.25, 0.3) is 11.8 Å². The molecule has 0 saturated heterocycles. The zero-order chi connectivity index (χ0) is 15.0. The van der Waals surface area contributed by atoms with Crippen molar-refractivity contribution in [3.63, 3.8) is 0 Å². The molecule has 0 atom stereocenters. The van der Waals surface area contributed by atoms with E-state index in [1.165, 1.54) is 23.1 Å². The summed E-state index contributed by atoms with van der Waals surface area (Å²) in [4.78, 5) is 46.6. The summed E-state index contributed by atoms with van der Waals surface area (Å²) in [7, 11) is 1.62. The van der Waals surface area contributed by atoms with Crippen LogP contribution in [0.1, 0.15) is 0 Å². The number of hydrogen-bond donors (Lipinski definition) is 1. The lowest BCUT2D eigenvalue weighted by atomic mass is 10.4. The Balaban J connectivity index is 2.14. The van der Waals surface area contributed by atoms with Crippen molar-refractivity contribution in [1.82, 2.24) is 15.1 Å². The van der Waals surface area contributed by atoms with Gasteiger partial charge in [-0.15, -0.1) is 0 Å². The van der Waals surface area contributed by atoms with Crippen molar-refractivity contribution in [2.75, 3.05) is 33.2 Å². The molecule has 0 aromatic carbocycles. The van der Waals surface area contributed by atoms with Gasteiger partial charge in [0.2, 0.25) is 5.91 Å². The highest BCUT2D eigenvalue weighted by atomic mass is 16.2. The Bertz CT molecular complexity index is 439. The Morgan fingerprint density at radius 3 is 2.55 bits per heavy atom. The molecule has 0 fully saturated rings. The smallest absolute Gasteiger partial charge is 0.253 e. The van der Waals surface area contributed by atoms with Crippen molar-refractivity contribution < 1.29 is 19.2 Å². The van der Waals surface area contributed by atoms with Crippen LogP contribution in [0.2, 0.25) is 0 Å². The molecular weight excluding hydrogens is 262 g/mol. The number of likely N-dealkylation sites (N-methyl/N-ethyl adjacent to an activating group) is 1. The van der Waals surface area contributed by atoms with Crippen LogP contribution in [0.15, 0.2) is 24.3 Å². The molecule has 108 valence electrons. The maximum absolute atomic E-state index is 11.4. The van der Waals surface area contributed by atoms with Gasteiger partial charge in [-0.25, -0.2) is 0 Å². The Morgan fingerprint density at radius 1 is 1.30 bits per heavy atom. The predicted molar refractivity (Wildman–Crippen MR) is 71.6 cm³/mol. The fourth-order valence-electron chi connectivity index (χ4n) is 1.57. The first-order chi connectivity index (χ1) is 9.56. The van der Waals surface area contributed by atoms with Gasteiger partial charge in [0.1, 0.15) is 6.29 Å². The number of carbonyl (C=O) groups excluding carboxylic acids is 4. The quantitative estimate of drug-likeness (QED) is 0.259. The zero-order valence-corrected chi connectivity index (χ0v) is 11.2. The minimum absolute atomic E-state index is 0.256. The molecular formula is C13H17N3O4. The highest BCUT2D eigenvalue weighted by Crippen LogP contribution is 2.01. The number of aldehydes is 1. The lowest BCUT2D eigenvalue weighted by Gasteiger charge is -2.17. The van der Waals surface area contributed by atoms with Crippen LogP contribution < -0.4 is 5.32 Å². The van der Waals surface area contributed by atoms with Gasteiger partial charge in [-0.2, -0.15) is 0 Å². The topological polar surface area (TPSA) is 86.8 Å². The molecule has 0 aliphatic carbocycles. The van der Waals surface area contributed by atoms with Crippen molar-refractivity contribution >= 4 is 24.0 Å². The van der Waals surface area contributed by atoms with Crippen molar-refractivity contribution in [2.45, 2.75) is 0 Å². The zero-order valence-electron chi connectivity index (χ0n) is 11.2. The Hall–Kier alpha value is -2.28. The number of nitrogens with one attached hydrogen (secondary N) is 1. The monoisotopic (exact) mass is 279 g/mol. The van der Waals surface area contributed by atoms with Gasteiger partial charge in [0.15, 0.2) is 0 Å². The first-order valence-corrected chi connectivity index (χ1v) is 6.17. The first kappa shape index (κ1) is 15.8. The molecule has 0 saturated carbocycles. The largest absolute Gasteiger partial charge is 0.341 e. The molecule has 0 aromatic rings. The van der Waals surface area contributed by atoms with Crippen LogP contribution in [0.4, 0.5) is 0 Å². The van der Waals surface area contributed by atoms with Crippen LogP contribution in [0.5, 0.6) is 0 Å². The highest BCUT2D eigenvalue weighted by Gasteiger charge is 2.22. The van der Waals surface area contributed by atoms with E-state index in [1.54, 1.807) is 7.05 Å². The number of imide groups is 1. The molecule has 1 aliphatic rings. The van der Waals surface area contributed by atoms with E-state index >= 15 is 0 Å². The molecule has 7 heteroatoms. The summed E-state index contributed by atoms with van der Waals surface area (Å²) < 4.78 is 0. The number of nitrogens with zero attached hydrogens (tertiary/aromatic N) is 2. The van der Waals surface area contributed by atoms with Gasteiger partial charge < -0.3 is 10.2 Å². The van der Waals surface area contributed by atoms with E-state index in [2.05, 4.69) is 5.32 Å². The number of carbonyl (C=O) groups is 4. The maximum atomic E-state index is 11.4. The van der Waals surface area contributed by atoms with E-state index < -0.39 is 0 Å². The van der Waals surface area contributed by atoms with Crippen LogP contribution in [0.3, 0.4) is 0 Å². The van der Waals surface area contributed by atoms with Gasteiger partial charge in [0.05, 0.1) is 0 Å². The highest BCUT2D eigenvalue weighted by molar-refractivity contribution is 6.12. The molecule has 0 bridgehead atoms. The van der Waals surface area contributed by atoms with E-state index in [0.29, 0.717) is 32.5 Å². The van der Waals surface area contributed by atoms with Crippen LogP contribution in [0, 0.1) is 0 Å². The molecule has 0 radical (unpaired) electrons.